The smallest absolute Gasteiger partial charge is 0.183 e. The molecular formula is C13H19ClFNO. The van der Waals surface area contributed by atoms with Crippen molar-refractivity contribution >= 4 is 11.6 Å². The van der Waals surface area contributed by atoms with Crippen molar-refractivity contribution in [1.82, 2.24) is 5.32 Å². The van der Waals surface area contributed by atoms with Crippen molar-refractivity contribution in [2.24, 2.45) is 5.92 Å². The summed E-state index contributed by atoms with van der Waals surface area (Å²) >= 11 is 5.64. The van der Waals surface area contributed by atoms with Gasteiger partial charge in [0, 0.05) is 6.54 Å². The van der Waals surface area contributed by atoms with Gasteiger partial charge >= 0.3 is 0 Å². The van der Waals surface area contributed by atoms with Crippen molar-refractivity contribution in [2.45, 2.75) is 20.3 Å². The minimum absolute atomic E-state index is 0.0928. The lowest BCUT2D eigenvalue weighted by atomic mass is 10.1. The third kappa shape index (κ3) is 5.37. The van der Waals surface area contributed by atoms with Gasteiger partial charge in [-0.2, -0.15) is 0 Å². The predicted octanol–water partition coefficient (Wildman–Crippen LogP) is 3.49. The van der Waals surface area contributed by atoms with E-state index in [-0.39, 0.29) is 10.8 Å². The van der Waals surface area contributed by atoms with Crippen LogP contribution in [0.5, 0.6) is 5.75 Å². The fourth-order valence-corrected chi connectivity index (χ4v) is 1.51. The summed E-state index contributed by atoms with van der Waals surface area (Å²) in [6.45, 7) is 6.46. The second kappa shape index (κ2) is 7.51. The third-order valence-electron chi connectivity index (χ3n) is 2.35. The number of nitrogens with one attached hydrogen (secondary N) is 1. The first-order valence-electron chi connectivity index (χ1n) is 5.88. The Morgan fingerprint density at radius 3 is 2.82 bits per heavy atom. The number of halogens is 2. The van der Waals surface area contributed by atoms with Crippen molar-refractivity contribution in [3.63, 3.8) is 0 Å². The van der Waals surface area contributed by atoms with E-state index in [1.54, 1.807) is 12.1 Å². The Labute approximate surface area is 107 Å². The van der Waals surface area contributed by atoms with Crippen LogP contribution < -0.4 is 10.1 Å². The quantitative estimate of drug-likeness (QED) is 0.757. The van der Waals surface area contributed by atoms with Gasteiger partial charge in [-0.05, 0) is 31.0 Å². The summed E-state index contributed by atoms with van der Waals surface area (Å²) in [5.74, 6) is 0.410. The van der Waals surface area contributed by atoms with E-state index >= 15 is 0 Å². The molecule has 1 aromatic rings. The van der Waals surface area contributed by atoms with Crippen LogP contribution in [-0.2, 0) is 0 Å². The van der Waals surface area contributed by atoms with Gasteiger partial charge in [-0.15, -0.1) is 0 Å². The van der Waals surface area contributed by atoms with Gasteiger partial charge in [-0.25, -0.2) is 4.39 Å². The van der Waals surface area contributed by atoms with Crippen LogP contribution in [-0.4, -0.2) is 19.7 Å². The fourth-order valence-electron chi connectivity index (χ4n) is 1.34. The molecule has 17 heavy (non-hydrogen) atoms. The normalized spacial score (nSPS) is 10.9. The van der Waals surface area contributed by atoms with Crippen LogP contribution in [0.25, 0.3) is 0 Å². The lowest BCUT2D eigenvalue weighted by molar-refractivity contribution is 0.297. The molecular weight excluding hydrogens is 241 g/mol. The first-order valence-corrected chi connectivity index (χ1v) is 6.26. The summed E-state index contributed by atoms with van der Waals surface area (Å²) < 4.78 is 18.7. The van der Waals surface area contributed by atoms with Gasteiger partial charge in [0.2, 0.25) is 0 Å². The SMILES string of the molecule is CC(C)CCNCCOc1cccc(Cl)c1F. The standard InChI is InChI=1S/C13H19ClFNO/c1-10(2)6-7-16-8-9-17-12-5-3-4-11(14)13(12)15/h3-5,10,16H,6-9H2,1-2H3. The molecule has 0 fully saturated rings. The molecule has 4 heteroatoms. The van der Waals surface area contributed by atoms with E-state index in [0.29, 0.717) is 19.1 Å². The topological polar surface area (TPSA) is 21.3 Å². The Balaban J connectivity index is 2.20. The zero-order valence-electron chi connectivity index (χ0n) is 10.3. The molecule has 0 aromatic heterocycles. The van der Waals surface area contributed by atoms with Crippen LogP contribution in [0, 0.1) is 11.7 Å². The average molecular weight is 260 g/mol. The van der Waals surface area contributed by atoms with E-state index in [0.717, 1.165) is 13.0 Å². The highest BCUT2D eigenvalue weighted by molar-refractivity contribution is 6.30. The Morgan fingerprint density at radius 1 is 1.35 bits per heavy atom. The highest BCUT2D eigenvalue weighted by atomic mass is 35.5. The number of benzene rings is 1. The Hall–Kier alpha value is -0.800. The first kappa shape index (κ1) is 14.3. The molecule has 0 spiro atoms. The minimum atomic E-state index is -0.489. The van der Waals surface area contributed by atoms with Crippen molar-refractivity contribution in [3.05, 3.63) is 29.0 Å². The molecule has 0 amide bonds. The van der Waals surface area contributed by atoms with Gasteiger partial charge in [0.1, 0.15) is 6.61 Å². The van der Waals surface area contributed by atoms with Crippen LogP contribution >= 0.6 is 11.6 Å². The van der Waals surface area contributed by atoms with Gasteiger partial charge in [0.15, 0.2) is 11.6 Å². The van der Waals surface area contributed by atoms with Crippen LogP contribution in [0.3, 0.4) is 0 Å². The molecule has 0 aliphatic heterocycles. The Morgan fingerprint density at radius 2 is 2.12 bits per heavy atom. The van der Waals surface area contributed by atoms with Crippen molar-refractivity contribution in [2.75, 3.05) is 19.7 Å². The second-order valence-electron chi connectivity index (χ2n) is 4.33. The van der Waals surface area contributed by atoms with Crippen molar-refractivity contribution in [3.8, 4) is 5.75 Å². The highest BCUT2D eigenvalue weighted by Crippen LogP contribution is 2.23. The van der Waals surface area contributed by atoms with Crippen LogP contribution in [0.4, 0.5) is 4.39 Å². The number of rotatable bonds is 7. The Bertz CT molecular complexity index is 344. The molecule has 0 saturated carbocycles. The van der Waals surface area contributed by atoms with E-state index < -0.39 is 5.82 Å². The van der Waals surface area contributed by atoms with Crippen LogP contribution in [0.15, 0.2) is 18.2 Å². The van der Waals surface area contributed by atoms with Gasteiger partial charge < -0.3 is 10.1 Å². The molecule has 0 aliphatic rings. The molecule has 1 aromatic carbocycles. The van der Waals surface area contributed by atoms with Crippen molar-refractivity contribution < 1.29 is 9.13 Å². The zero-order chi connectivity index (χ0) is 12.7. The molecule has 0 saturated heterocycles. The average Bonchev–Trinajstić information content (AvgIpc) is 2.28. The van der Waals surface area contributed by atoms with Gasteiger partial charge in [0.25, 0.3) is 0 Å². The molecule has 0 radical (unpaired) electrons. The van der Waals surface area contributed by atoms with Crippen LogP contribution in [0.1, 0.15) is 20.3 Å². The largest absolute Gasteiger partial charge is 0.489 e. The molecule has 96 valence electrons. The third-order valence-corrected chi connectivity index (χ3v) is 2.64. The van der Waals surface area contributed by atoms with E-state index in [4.69, 9.17) is 16.3 Å². The molecule has 0 unspecified atom stereocenters. The minimum Gasteiger partial charge on any atom is -0.489 e. The molecule has 1 rings (SSSR count). The maximum atomic E-state index is 13.4. The second-order valence-corrected chi connectivity index (χ2v) is 4.74. The predicted molar refractivity (Wildman–Crippen MR) is 69.2 cm³/mol. The van der Waals surface area contributed by atoms with E-state index in [2.05, 4.69) is 19.2 Å². The molecule has 0 heterocycles. The summed E-state index contributed by atoms with van der Waals surface area (Å²) in [6.07, 6.45) is 1.13. The van der Waals surface area contributed by atoms with Crippen molar-refractivity contribution in [1.29, 1.82) is 0 Å². The summed E-state index contributed by atoms with van der Waals surface area (Å²) in [7, 11) is 0. The number of hydrogen-bond donors (Lipinski definition) is 1. The summed E-state index contributed by atoms with van der Waals surface area (Å²) in [6, 6.07) is 4.76. The lowest BCUT2D eigenvalue weighted by Crippen LogP contribution is -2.23. The van der Waals surface area contributed by atoms with Gasteiger partial charge in [0.05, 0.1) is 5.02 Å². The highest BCUT2D eigenvalue weighted by Gasteiger charge is 2.06. The summed E-state index contributed by atoms with van der Waals surface area (Å²) in [5, 5.41) is 3.33. The van der Waals surface area contributed by atoms with Gasteiger partial charge in [-0.3, -0.25) is 0 Å². The van der Waals surface area contributed by atoms with E-state index in [1.165, 1.54) is 6.07 Å². The summed E-state index contributed by atoms with van der Waals surface area (Å²) in [4.78, 5) is 0. The molecule has 1 N–H and O–H groups in total. The molecule has 2 nitrogen and oxygen atoms in total. The van der Waals surface area contributed by atoms with E-state index in [1.807, 2.05) is 0 Å². The fraction of sp³-hybridized carbons (Fsp3) is 0.538. The number of hydrogen-bond acceptors (Lipinski definition) is 2. The first-order chi connectivity index (χ1) is 8.11. The lowest BCUT2D eigenvalue weighted by Gasteiger charge is -2.09. The number of ether oxygens (including phenoxy) is 1. The maximum absolute atomic E-state index is 13.4. The molecule has 0 atom stereocenters. The van der Waals surface area contributed by atoms with E-state index in [9.17, 15) is 4.39 Å². The molecule has 0 bridgehead atoms. The zero-order valence-corrected chi connectivity index (χ0v) is 11.1. The van der Waals surface area contributed by atoms with Crippen LogP contribution in [0.2, 0.25) is 5.02 Å². The molecule has 0 aliphatic carbocycles. The Kier molecular flexibility index (Phi) is 6.30. The van der Waals surface area contributed by atoms with Gasteiger partial charge in [-0.1, -0.05) is 31.5 Å². The maximum Gasteiger partial charge on any atom is 0.183 e. The monoisotopic (exact) mass is 259 g/mol. The summed E-state index contributed by atoms with van der Waals surface area (Å²) in [5.41, 5.74) is 0.